The fourth-order valence-corrected chi connectivity index (χ4v) is 4.75. The van der Waals surface area contributed by atoms with E-state index in [0.717, 1.165) is 41.9 Å². The molecule has 1 amide bonds. The standard InChI is InChI=1S/C24H29N3O2S/c1-24(2,3)29-23(28)27-10-8-17(9-11-27)19-15-26-21-7-6-16(13-18(19)21)14-20(25)22-5-4-12-30-22/h4-7,12-13,15,17,25-26H,8-11,14H2,1-3H3. The molecule has 0 spiro atoms. The van der Waals surface area contributed by atoms with Crippen LogP contribution in [-0.4, -0.2) is 40.4 Å². The van der Waals surface area contributed by atoms with Crippen molar-refractivity contribution in [2.75, 3.05) is 13.1 Å². The van der Waals surface area contributed by atoms with Gasteiger partial charge in [0.05, 0.1) is 5.71 Å². The van der Waals surface area contributed by atoms with Crippen LogP contribution in [0.4, 0.5) is 4.79 Å². The minimum atomic E-state index is -0.460. The largest absolute Gasteiger partial charge is 0.444 e. The first-order chi connectivity index (χ1) is 14.3. The number of H-pyrrole nitrogens is 1. The van der Waals surface area contributed by atoms with E-state index in [4.69, 9.17) is 10.1 Å². The van der Waals surface area contributed by atoms with Crippen LogP contribution in [0.15, 0.2) is 41.9 Å². The Morgan fingerprint density at radius 3 is 2.70 bits per heavy atom. The van der Waals surface area contributed by atoms with E-state index in [1.165, 1.54) is 10.9 Å². The fourth-order valence-electron chi connectivity index (χ4n) is 4.08. The van der Waals surface area contributed by atoms with Gasteiger partial charge < -0.3 is 20.0 Å². The average Bonchev–Trinajstić information content (AvgIpc) is 3.37. The molecule has 1 aromatic carbocycles. The number of carbonyl (C=O) groups excluding carboxylic acids is 1. The number of aromatic amines is 1. The van der Waals surface area contributed by atoms with Gasteiger partial charge in [0.25, 0.3) is 0 Å². The molecule has 1 aliphatic rings. The average molecular weight is 424 g/mol. The van der Waals surface area contributed by atoms with Crippen LogP contribution in [0.1, 0.15) is 55.5 Å². The monoisotopic (exact) mass is 423 g/mol. The van der Waals surface area contributed by atoms with Gasteiger partial charge in [-0.25, -0.2) is 4.79 Å². The molecule has 3 heterocycles. The van der Waals surface area contributed by atoms with Crippen molar-refractivity contribution in [3.8, 4) is 0 Å². The lowest BCUT2D eigenvalue weighted by Gasteiger charge is -2.33. The highest BCUT2D eigenvalue weighted by Crippen LogP contribution is 2.34. The maximum atomic E-state index is 12.3. The quantitative estimate of drug-likeness (QED) is 0.509. The third kappa shape index (κ3) is 4.59. The van der Waals surface area contributed by atoms with Gasteiger partial charge in [-0.3, -0.25) is 0 Å². The number of likely N-dealkylation sites (tertiary alicyclic amines) is 1. The van der Waals surface area contributed by atoms with Crippen LogP contribution in [-0.2, 0) is 11.2 Å². The third-order valence-corrected chi connectivity index (χ3v) is 6.49. The summed E-state index contributed by atoms with van der Waals surface area (Å²) in [6.07, 6.45) is 4.41. The Kier molecular flexibility index (Phi) is 5.69. The summed E-state index contributed by atoms with van der Waals surface area (Å²) < 4.78 is 5.52. The van der Waals surface area contributed by atoms with Gasteiger partial charge >= 0.3 is 6.09 Å². The lowest BCUT2D eigenvalue weighted by Crippen LogP contribution is -2.41. The van der Waals surface area contributed by atoms with E-state index in [0.29, 0.717) is 18.1 Å². The predicted octanol–water partition coefficient (Wildman–Crippen LogP) is 5.95. The van der Waals surface area contributed by atoms with E-state index in [-0.39, 0.29) is 6.09 Å². The maximum absolute atomic E-state index is 12.3. The van der Waals surface area contributed by atoms with Gasteiger partial charge in [0.2, 0.25) is 0 Å². The fraction of sp³-hybridized carbons (Fsp3) is 0.417. The van der Waals surface area contributed by atoms with E-state index in [2.05, 4.69) is 29.4 Å². The van der Waals surface area contributed by atoms with Crippen LogP contribution in [0.5, 0.6) is 0 Å². The summed E-state index contributed by atoms with van der Waals surface area (Å²) in [4.78, 5) is 18.6. The van der Waals surface area contributed by atoms with Gasteiger partial charge in [0.15, 0.2) is 0 Å². The van der Waals surface area contributed by atoms with Crippen LogP contribution in [0, 0.1) is 5.41 Å². The molecule has 30 heavy (non-hydrogen) atoms. The van der Waals surface area contributed by atoms with Crippen molar-refractivity contribution in [1.29, 1.82) is 5.41 Å². The lowest BCUT2D eigenvalue weighted by atomic mass is 9.89. The molecule has 0 saturated carbocycles. The molecule has 0 aliphatic carbocycles. The Morgan fingerprint density at radius 2 is 2.03 bits per heavy atom. The Balaban J connectivity index is 1.46. The van der Waals surface area contributed by atoms with Gasteiger partial charge in [-0.05, 0) is 74.2 Å². The predicted molar refractivity (Wildman–Crippen MR) is 123 cm³/mol. The number of hydrogen-bond acceptors (Lipinski definition) is 4. The third-order valence-electron chi connectivity index (χ3n) is 5.56. The van der Waals surface area contributed by atoms with Crippen molar-refractivity contribution in [3.63, 3.8) is 0 Å². The number of piperidine rings is 1. The number of fused-ring (bicyclic) bond motifs is 1. The van der Waals surface area contributed by atoms with Crippen LogP contribution in [0.2, 0.25) is 0 Å². The summed E-state index contributed by atoms with van der Waals surface area (Å²) in [5.74, 6) is 0.421. The topological polar surface area (TPSA) is 69.2 Å². The van der Waals surface area contributed by atoms with Crippen molar-refractivity contribution < 1.29 is 9.53 Å². The molecule has 0 bridgehead atoms. The normalized spacial score (nSPS) is 15.5. The van der Waals surface area contributed by atoms with Gasteiger partial charge in [-0.1, -0.05) is 12.1 Å². The Bertz CT molecular complexity index is 1040. The van der Waals surface area contributed by atoms with Crippen molar-refractivity contribution in [2.45, 2.75) is 51.6 Å². The molecule has 1 saturated heterocycles. The highest BCUT2D eigenvalue weighted by molar-refractivity contribution is 7.12. The molecule has 1 fully saturated rings. The first-order valence-corrected chi connectivity index (χ1v) is 11.4. The van der Waals surface area contributed by atoms with Crippen molar-refractivity contribution in [1.82, 2.24) is 9.88 Å². The van der Waals surface area contributed by atoms with Crippen molar-refractivity contribution in [3.05, 3.63) is 57.9 Å². The minimum Gasteiger partial charge on any atom is -0.444 e. The van der Waals surface area contributed by atoms with Crippen molar-refractivity contribution in [2.24, 2.45) is 0 Å². The summed E-state index contributed by atoms with van der Waals surface area (Å²) in [5.41, 5.74) is 3.81. The Morgan fingerprint density at radius 1 is 1.27 bits per heavy atom. The summed E-state index contributed by atoms with van der Waals surface area (Å²) in [6.45, 7) is 7.14. The van der Waals surface area contributed by atoms with Crippen LogP contribution < -0.4 is 0 Å². The van der Waals surface area contributed by atoms with Gasteiger partial charge in [-0.2, -0.15) is 0 Å². The number of thiophene rings is 1. The second kappa shape index (κ2) is 8.26. The highest BCUT2D eigenvalue weighted by atomic mass is 32.1. The van der Waals surface area contributed by atoms with E-state index in [1.54, 1.807) is 11.3 Å². The molecule has 2 aromatic heterocycles. The number of rotatable bonds is 4. The molecular weight excluding hydrogens is 394 g/mol. The molecule has 2 N–H and O–H groups in total. The molecule has 4 rings (SSSR count). The molecule has 5 nitrogen and oxygen atoms in total. The van der Waals surface area contributed by atoms with E-state index in [9.17, 15) is 4.79 Å². The van der Waals surface area contributed by atoms with E-state index in [1.807, 2.05) is 43.2 Å². The first kappa shape index (κ1) is 20.7. The molecule has 6 heteroatoms. The van der Waals surface area contributed by atoms with Crippen LogP contribution in [0.25, 0.3) is 10.9 Å². The molecule has 0 atom stereocenters. The molecule has 0 radical (unpaired) electrons. The number of amides is 1. The summed E-state index contributed by atoms with van der Waals surface area (Å²) in [6, 6.07) is 10.4. The second-order valence-corrected chi connectivity index (χ2v) is 9.95. The Labute approximate surface area is 181 Å². The lowest BCUT2D eigenvalue weighted by molar-refractivity contribution is 0.0205. The maximum Gasteiger partial charge on any atom is 0.410 e. The number of nitrogens with one attached hydrogen (secondary N) is 2. The zero-order chi connectivity index (χ0) is 21.3. The summed E-state index contributed by atoms with van der Waals surface area (Å²) in [7, 11) is 0. The molecule has 158 valence electrons. The number of nitrogens with zero attached hydrogens (tertiary/aromatic N) is 1. The minimum absolute atomic E-state index is 0.214. The number of aromatic nitrogens is 1. The highest BCUT2D eigenvalue weighted by Gasteiger charge is 2.28. The Hall–Kier alpha value is -2.60. The van der Waals surface area contributed by atoms with Crippen LogP contribution in [0.3, 0.4) is 0 Å². The molecular formula is C24H29N3O2S. The van der Waals surface area contributed by atoms with Gasteiger partial charge in [0, 0.05) is 41.5 Å². The van der Waals surface area contributed by atoms with Gasteiger partial charge in [0.1, 0.15) is 5.60 Å². The number of carbonyl (C=O) groups is 1. The number of ether oxygens (including phenoxy) is 1. The number of hydrogen-bond donors (Lipinski definition) is 2. The smallest absolute Gasteiger partial charge is 0.410 e. The van der Waals surface area contributed by atoms with Crippen molar-refractivity contribution >= 4 is 34.0 Å². The van der Waals surface area contributed by atoms with E-state index < -0.39 is 5.60 Å². The molecule has 3 aromatic rings. The van der Waals surface area contributed by atoms with Gasteiger partial charge in [-0.15, -0.1) is 11.3 Å². The summed E-state index contributed by atoms with van der Waals surface area (Å²) in [5, 5.41) is 11.6. The first-order valence-electron chi connectivity index (χ1n) is 10.5. The van der Waals surface area contributed by atoms with E-state index >= 15 is 0 Å². The second-order valence-electron chi connectivity index (χ2n) is 9.00. The summed E-state index contributed by atoms with van der Waals surface area (Å²) >= 11 is 1.61. The molecule has 0 unspecified atom stereocenters. The SMILES string of the molecule is CC(C)(C)OC(=O)N1CCC(c2c[nH]c3ccc(CC(=N)c4cccs4)cc23)CC1. The number of benzene rings is 1. The molecule has 1 aliphatic heterocycles. The zero-order valence-corrected chi connectivity index (χ0v) is 18.6. The van der Waals surface area contributed by atoms with Crippen LogP contribution >= 0.6 is 11.3 Å². The zero-order valence-electron chi connectivity index (χ0n) is 17.8.